The Balaban J connectivity index is 2.39. The molecule has 0 aliphatic heterocycles. The molecule has 1 aromatic heterocycles. The van der Waals surface area contributed by atoms with Crippen LogP contribution in [0.15, 0.2) is 18.6 Å². The first-order valence-corrected chi connectivity index (χ1v) is 4.11. The summed E-state index contributed by atoms with van der Waals surface area (Å²) in [6, 6.07) is 0. The Kier molecular flexibility index (Phi) is 3.30. The summed E-state index contributed by atoms with van der Waals surface area (Å²) in [6.07, 6.45) is 7.03. The van der Waals surface area contributed by atoms with Crippen molar-refractivity contribution in [3.63, 3.8) is 0 Å². The minimum atomic E-state index is 0.219. The molecule has 0 amide bonds. The molecule has 11 heavy (non-hydrogen) atoms. The van der Waals surface area contributed by atoms with Gasteiger partial charge in [0.2, 0.25) is 0 Å². The quantitative estimate of drug-likeness (QED) is 0.649. The van der Waals surface area contributed by atoms with Gasteiger partial charge in [-0.1, -0.05) is 0 Å². The summed E-state index contributed by atoms with van der Waals surface area (Å²) < 4.78 is 0. The first kappa shape index (κ1) is 8.47. The standard InChI is InChI=1S/C8H11ClN2/c1-7(9)2-3-8-6-10-4-5-11-8/h4-7H,2-3H2,1H3. The van der Waals surface area contributed by atoms with E-state index in [0.29, 0.717) is 0 Å². The second-order valence-electron chi connectivity index (χ2n) is 2.52. The van der Waals surface area contributed by atoms with Crippen LogP contribution in [0.25, 0.3) is 0 Å². The third-order valence-corrected chi connectivity index (χ3v) is 1.63. The van der Waals surface area contributed by atoms with E-state index < -0.39 is 0 Å². The van der Waals surface area contributed by atoms with Gasteiger partial charge in [0.15, 0.2) is 0 Å². The fourth-order valence-corrected chi connectivity index (χ4v) is 0.915. The van der Waals surface area contributed by atoms with Crippen LogP contribution < -0.4 is 0 Å². The van der Waals surface area contributed by atoms with Crippen molar-refractivity contribution in [2.45, 2.75) is 25.1 Å². The van der Waals surface area contributed by atoms with E-state index in [0.717, 1.165) is 18.5 Å². The van der Waals surface area contributed by atoms with Gasteiger partial charge in [-0.15, -0.1) is 11.6 Å². The van der Waals surface area contributed by atoms with Gasteiger partial charge >= 0.3 is 0 Å². The van der Waals surface area contributed by atoms with Crippen molar-refractivity contribution in [1.82, 2.24) is 9.97 Å². The highest BCUT2D eigenvalue weighted by Gasteiger charge is 1.97. The first-order chi connectivity index (χ1) is 5.29. The van der Waals surface area contributed by atoms with Gasteiger partial charge < -0.3 is 0 Å². The molecule has 0 N–H and O–H groups in total. The molecule has 0 spiro atoms. The lowest BCUT2D eigenvalue weighted by molar-refractivity contribution is 0.779. The minimum absolute atomic E-state index is 0.219. The van der Waals surface area contributed by atoms with Crippen LogP contribution >= 0.6 is 11.6 Å². The lowest BCUT2D eigenvalue weighted by Gasteiger charge is -2.00. The Morgan fingerprint density at radius 3 is 2.91 bits per heavy atom. The zero-order chi connectivity index (χ0) is 8.10. The molecular formula is C8H11ClN2. The molecule has 0 aliphatic carbocycles. The van der Waals surface area contributed by atoms with Gasteiger partial charge in [0.1, 0.15) is 0 Å². The topological polar surface area (TPSA) is 25.8 Å². The summed E-state index contributed by atoms with van der Waals surface area (Å²) in [5.41, 5.74) is 1.01. The molecule has 1 unspecified atom stereocenters. The average Bonchev–Trinajstić information content (AvgIpc) is 2.03. The molecule has 0 aliphatic rings. The largest absolute Gasteiger partial charge is 0.261 e. The Labute approximate surface area is 71.6 Å². The van der Waals surface area contributed by atoms with Crippen LogP contribution in [0.3, 0.4) is 0 Å². The van der Waals surface area contributed by atoms with Crippen molar-refractivity contribution in [2.24, 2.45) is 0 Å². The fraction of sp³-hybridized carbons (Fsp3) is 0.500. The van der Waals surface area contributed by atoms with Gasteiger partial charge in [-0.2, -0.15) is 0 Å². The SMILES string of the molecule is CC(Cl)CCc1cnccn1. The number of hydrogen-bond donors (Lipinski definition) is 0. The monoisotopic (exact) mass is 170 g/mol. The van der Waals surface area contributed by atoms with Crippen molar-refractivity contribution in [3.05, 3.63) is 24.3 Å². The third kappa shape index (κ3) is 3.33. The highest BCUT2D eigenvalue weighted by molar-refractivity contribution is 6.20. The molecule has 1 atom stereocenters. The number of nitrogens with zero attached hydrogens (tertiary/aromatic N) is 2. The van der Waals surface area contributed by atoms with Gasteiger partial charge in [0.05, 0.1) is 5.69 Å². The lowest BCUT2D eigenvalue weighted by Crippen LogP contribution is -1.96. The zero-order valence-corrected chi connectivity index (χ0v) is 7.25. The molecular weight excluding hydrogens is 160 g/mol. The summed E-state index contributed by atoms with van der Waals surface area (Å²) in [5, 5.41) is 0.219. The van der Waals surface area contributed by atoms with Crippen LogP contribution in [-0.2, 0) is 6.42 Å². The van der Waals surface area contributed by atoms with E-state index in [1.165, 1.54) is 0 Å². The van der Waals surface area contributed by atoms with Gasteiger partial charge in [-0.3, -0.25) is 9.97 Å². The molecule has 0 radical (unpaired) electrons. The van der Waals surface area contributed by atoms with Crippen molar-refractivity contribution >= 4 is 11.6 Å². The maximum Gasteiger partial charge on any atom is 0.0587 e. The van der Waals surface area contributed by atoms with Crippen LogP contribution in [0.2, 0.25) is 0 Å². The van der Waals surface area contributed by atoms with Crippen molar-refractivity contribution < 1.29 is 0 Å². The summed E-state index contributed by atoms with van der Waals surface area (Å²) in [5.74, 6) is 0. The minimum Gasteiger partial charge on any atom is -0.261 e. The number of hydrogen-bond acceptors (Lipinski definition) is 2. The average molecular weight is 171 g/mol. The smallest absolute Gasteiger partial charge is 0.0587 e. The van der Waals surface area contributed by atoms with E-state index in [2.05, 4.69) is 9.97 Å². The van der Waals surface area contributed by atoms with Gasteiger partial charge in [-0.25, -0.2) is 0 Å². The lowest BCUT2D eigenvalue weighted by atomic mass is 10.2. The van der Waals surface area contributed by atoms with E-state index in [4.69, 9.17) is 11.6 Å². The summed E-state index contributed by atoms with van der Waals surface area (Å²) in [6.45, 7) is 1.98. The third-order valence-electron chi connectivity index (χ3n) is 1.41. The van der Waals surface area contributed by atoms with Crippen molar-refractivity contribution in [2.75, 3.05) is 0 Å². The number of aromatic nitrogens is 2. The number of rotatable bonds is 3. The zero-order valence-electron chi connectivity index (χ0n) is 6.50. The number of aryl methyl sites for hydroxylation is 1. The summed E-state index contributed by atoms with van der Waals surface area (Å²) >= 11 is 5.78. The molecule has 3 heteroatoms. The van der Waals surface area contributed by atoms with E-state index in [9.17, 15) is 0 Å². The summed E-state index contributed by atoms with van der Waals surface area (Å²) in [4.78, 5) is 8.09. The highest BCUT2D eigenvalue weighted by atomic mass is 35.5. The van der Waals surface area contributed by atoms with E-state index in [1.54, 1.807) is 18.6 Å². The van der Waals surface area contributed by atoms with Crippen LogP contribution in [0, 0.1) is 0 Å². The predicted octanol–water partition coefficient (Wildman–Crippen LogP) is 2.04. The maximum atomic E-state index is 5.78. The van der Waals surface area contributed by atoms with Crippen LogP contribution in [0.4, 0.5) is 0 Å². The van der Waals surface area contributed by atoms with E-state index in [-0.39, 0.29) is 5.38 Å². The molecule has 1 heterocycles. The van der Waals surface area contributed by atoms with E-state index >= 15 is 0 Å². The molecule has 0 bridgehead atoms. The van der Waals surface area contributed by atoms with Crippen LogP contribution in [0.5, 0.6) is 0 Å². The molecule has 1 rings (SSSR count). The maximum absolute atomic E-state index is 5.78. The molecule has 0 fully saturated rings. The number of alkyl halides is 1. The molecule has 60 valence electrons. The van der Waals surface area contributed by atoms with Gasteiger partial charge in [-0.05, 0) is 19.8 Å². The van der Waals surface area contributed by atoms with Crippen LogP contribution in [-0.4, -0.2) is 15.3 Å². The Hall–Kier alpha value is -0.630. The van der Waals surface area contributed by atoms with Gasteiger partial charge in [0, 0.05) is 24.0 Å². The first-order valence-electron chi connectivity index (χ1n) is 3.68. The normalized spacial score (nSPS) is 12.9. The van der Waals surface area contributed by atoms with Crippen molar-refractivity contribution in [1.29, 1.82) is 0 Å². The second kappa shape index (κ2) is 4.29. The predicted molar refractivity (Wildman–Crippen MR) is 45.7 cm³/mol. The molecule has 0 saturated heterocycles. The molecule has 1 aromatic rings. The van der Waals surface area contributed by atoms with Gasteiger partial charge in [0.25, 0.3) is 0 Å². The molecule has 0 aromatic carbocycles. The summed E-state index contributed by atoms with van der Waals surface area (Å²) in [7, 11) is 0. The van der Waals surface area contributed by atoms with E-state index in [1.807, 2.05) is 6.92 Å². The molecule has 2 nitrogen and oxygen atoms in total. The Morgan fingerprint density at radius 1 is 1.55 bits per heavy atom. The molecule has 0 saturated carbocycles. The highest BCUT2D eigenvalue weighted by Crippen LogP contribution is 2.04. The Bertz CT molecular complexity index is 199. The fourth-order valence-electron chi connectivity index (χ4n) is 0.806. The number of halogens is 1. The second-order valence-corrected chi connectivity index (χ2v) is 3.26. The van der Waals surface area contributed by atoms with Crippen molar-refractivity contribution in [3.8, 4) is 0 Å². The van der Waals surface area contributed by atoms with Crippen LogP contribution in [0.1, 0.15) is 19.0 Å². The Morgan fingerprint density at radius 2 is 2.36 bits per heavy atom.